The van der Waals surface area contributed by atoms with Crippen LogP contribution in [0.1, 0.15) is 33.6 Å². The molecule has 0 aromatic carbocycles. The van der Waals surface area contributed by atoms with Gasteiger partial charge in [0.2, 0.25) is 0 Å². The van der Waals surface area contributed by atoms with Crippen molar-refractivity contribution in [2.24, 2.45) is 28.9 Å². The summed E-state index contributed by atoms with van der Waals surface area (Å²) in [6, 6.07) is 0. The molecule has 0 radical (unpaired) electrons. The Hall–Kier alpha value is -0.0800. The fraction of sp³-hybridized carbons (Fsp3) is 1.00. The molecule has 0 aliphatic heterocycles. The number of fused-ring (bicyclic) bond motifs is 1. The first-order valence-electron chi connectivity index (χ1n) is 5.31. The van der Waals surface area contributed by atoms with Crippen molar-refractivity contribution in [2.45, 2.75) is 39.2 Å². The quantitative estimate of drug-likeness (QED) is 0.645. The molecule has 0 unspecified atom stereocenters. The summed E-state index contributed by atoms with van der Waals surface area (Å²) in [5.41, 5.74) is 6.51. The number of nitrogens with two attached hydrogens (primary N) is 1. The highest BCUT2D eigenvalue weighted by Gasteiger charge is 2.65. The maximum absolute atomic E-state index is 9.38. The zero-order valence-corrected chi connectivity index (χ0v) is 8.88. The van der Waals surface area contributed by atoms with Gasteiger partial charge in [-0.2, -0.15) is 0 Å². The first kappa shape index (κ1) is 9.47. The van der Waals surface area contributed by atoms with Crippen LogP contribution in [-0.4, -0.2) is 17.3 Å². The average molecular weight is 183 g/mol. The summed E-state index contributed by atoms with van der Waals surface area (Å²) in [7, 11) is 0. The van der Waals surface area contributed by atoms with E-state index in [0.717, 1.165) is 12.3 Å². The molecule has 0 aromatic heterocycles. The van der Waals surface area contributed by atoms with Gasteiger partial charge in [0.05, 0.1) is 0 Å². The van der Waals surface area contributed by atoms with E-state index in [1.807, 2.05) is 0 Å². The molecule has 76 valence electrons. The molecule has 0 amide bonds. The Labute approximate surface area is 80.5 Å². The van der Waals surface area contributed by atoms with Gasteiger partial charge in [-0.15, -0.1) is 0 Å². The van der Waals surface area contributed by atoms with Gasteiger partial charge in [0.15, 0.2) is 0 Å². The Morgan fingerprint density at radius 1 is 1.38 bits per heavy atom. The molecule has 4 atom stereocenters. The third-order valence-corrected chi connectivity index (χ3v) is 4.61. The molecule has 2 rings (SSSR count). The second-order valence-corrected chi connectivity index (χ2v) is 5.79. The van der Waals surface area contributed by atoms with Crippen LogP contribution in [0.25, 0.3) is 0 Å². The van der Waals surface area contributed by atoms with Gasteiger partial charge in [-0.05, 0) is 37.0 Å². The zero-order valence-electron chi connectivity index (χ0n) is 8.88. The van der Waals surface area contributed by atoms with Crippen molar-refractivity contribution in [1.82, 2.24) is 0 Å². The maximum Gasteiger partial charge on any atom is 0.0479 e. The Kier molecular flexibility index (Phi) is 1.81. The number of hydrogen-bond donors (Lipinski definition) is 2. The fourth-order valence-electron chi connectivity index (χ4n) is 3.52. The van der Waals surface area contributed by atoms with Gasteiger partial charge in [0.25, 0.3) is 0 Å². The van der Waals surface area contributed by atoms with Crippen LogP contribution in [-0.2, 0) is 0 Å². The van der Waals surface area contributed by atoms with Crippen molar-refractivity contribution in [2.75, 3.05) is 6.61 Å². The first-order chi connectivity index (χ1) is 5.91. The molecule has 0 spiro atoms. The molecular formula is C11H21NO. The Bertz CT molecular complexity index is 222. The molecule has 2 heteroatoms. The Morgan fingerprint density at radius 3 is 2.46 bits per heavy atom. The summed E-state index contributed by atoms with van der Waals surface area (Å²) in [6.07, 6.45) is 2.32. The van der Waals surface area contributed by atoms with Crippen LogP contribution >= 0.6 is 0 Å². The molecule has 3 N–H and O–H groups in total. The largest absolute Gasteiger partial charge is 0.396 e. The van der Waals surface area contributed by atoms with E-state index in [2.05, 4.69) is 20.8 Å². The van der Waals surface area contributed by atoms with Crippen LogP contribution in [0.5, 0.6) is 0 Å². The number of aliphatic hydroxyl groups excluding tert-OH is 1. The predicted molar refractivity (Wildman–Crippen MR) is 53.2 cm³/mol. The smallest absolute Gasteiger partial charge is 0.0479 e. The highest BCUT2D eigenvalue weighted by molar-refractivity contribution is 5.15. The summed E-state index contributed by atoms with van der Waals surface area (Å²) < 4.78 is 0. The lowest BCUT2D eigenvalue weighted by Crippen LogP contribution is -2.49. The van der Waals surface area contributed by atoms with Gasteiger partial charge in [-0.3, -0.25) is 0 Å². The fourth-order valence-corrected chi connectivity index (χ4v) is 3.52. The normalized spacial score (nSPS) is 52.8. The lowest BCUT2D eigenvalue weighted by atomic mass is 9.74. The van der Waals surface area contributed by atoms with Crippen LogP contribution in [0, 0.1) is 23.2 Å². The van der Waals surface area contributed by atoms with Crippen molar-refractivity contribution >= 4 is 0 Å². The van der Waals surface area contributed by atoms with Crippen molar-refractivity contribution in [3.05, 3.63) is 0 Å². The van der Waals surface area contributed by atoms with E-state index in [-0.39, 0.29) is 12.1 Å². The average Bonchev–Trinajstić information content (AvgIpc) is 2.53. The highest BCUT2D eigenvalue weighted by Crippen LogP contribution is 2.68. The van der Waals surface area contributed by atoms with E-state index in [1.165, 1.54) is 6.42 Å². The third-order valence-electron chi connectivity index (χ3n) is 4.61. The Balaban J connectivity index is 2.20. The van der Waals surface area contributed by atoms with E-state index >= 15 is 0 Å². The van der Waals surface area contributed by atoms with Crippen LogP contribution in [0.4, 0.5) is 0 Å². The van der Waals surface area contributed by atoms with Crippen LogP contribution in [0.2, 0.25) is 0 Å². The van der Waals surface area contributed by atoms with E-state index in [4.69, 9.17) is 5.73 Å². The minimum absolute atomic E-state index is 0.135. The van der Waals surface area contributed by atoms with Crippen molar-refractivity contribution in [3.63, 3.8) is 0 Å². The summed E-state index contributed by atoms with van der Waals surface area (Å²) in [5, 5.41) is 9.38. The summed E-state index contributed by atoms with van der Waals surface area (Å²) >= 11 is 0. The van der Waals surface area contributed by atoms with E-state index < -0.39 is 0 Å². The summed E-state index contributed by atoms with van der Waals surface area (Å²) in [5.74, 6) is 1.81. The lowest BCUT2D eigenvalue weighted by molar-refractivity contribution is 0.105. The second-order valence-electron chi connectivity index (χ2n) is 5.79. The van der Waals surface area contributed by atoms with Crippen LogP contribution < -0.4 is 5.73 Å². The zero-order chi connectivity index (χ0) is 9.85. The van der Waals surface area contributed by atoms with Gasteiger partial charge < -0.3 is 10.8 Å². The molecule has 13 heavy (non-hydrogen) atoms. The highest BCUT2D eigenvalue weighted by atomic mass is 16.3. The predicted octanol–water partition coefficient (Wildman–Crippen LogP) is 1.38. The van der Waals surface area contributed by atoms with E-state index in [9.17, 15) is 5.11 Å². The molecule has 0 aromatic rings. The molecule has 2 fully saturated rings. The Morgan fingerprint density at radius 2 is 2.00 bits per heavy atom. The summed E-state index contributed by atoms with van der Waals surface area (Å²) in [6.45, 7) is 6.98. The SMILES string of the molecule is CC1(C)[C@@H]2[C@H]1CC[C@@](C)(N)[C@H]2CO. The maximum atomic E-state index is 9.38. The van der Waals surface area contributed by atoms with E-state index in [1.54, 1.807) is 0 Å². The van der Waals surface area contributed by atoms with Gasteiger partial charge in [0.1, 0.15) is 0 Å². The molecule has 0 heterocycles. The third kappa shape index (κ3) is 1.15. The van der Waals surface area contributed by atoms with Crippen LogP contribution in [0.15, 0.2) is 0 Å². The molecule has 2 nitrogen and oxygen atoms in total. The van der Waals surface area contributed by atoms with Crippen LogP contribution in [0.3, 0.4) is 0 Å². The number of aliphatic hydroxyl groups is 1. The topological polar surface area (TPSA) is 46.2 Å². The molecule has 2 saturated carbocycles. The van der Waals surface area contributed by atoms with Gasteiger partial charge in [-0.25, -0.2) is 0 Å². The monoisotopic (exact) mass is 183 g/mol. The van der Waals surface area contributed by atoms with Crippen molar-refractivity contribution < 1.29 is 5.11 Å². The minimum atomic E-state index is -0.135. The van der Waals surface area contributed by atoms with Gasteiger partial charge in [0, 0.05) is 18.1 Å². The van der Waals surface area contributed by atoms with Gasteiger partial charge in [-0.1, -0.05) is 13.8 Å². The lowest BCUT2D eigenvalue weighted by Gasteiger charge is -2.37. The number of hydrogen-bond acceptors (Lipinski definition) is 2. The van der Waals surface area contributed by atoms with Crippen molar-refractivity contribution in [1.29, 1.82) is 0 Å². The van der Waals surface area contributed by atoms with E-state index in [0.29, 0.717) is 17.3 Å². The molecule has 2 aliphatic rings. The molecule has 0 saturated heterocycles. The minimum Gasteiger partial charge on any atom is -0.396 e. The molecular weight excluding hydrogens is 162 g/mol. The first-order valence-corrected chi connectivity index (χ1v) is 5.31. The van der Waals surface area contributed by atoms with Gasteiger partial charge >= 0.3 is 0 Å². The number of rotatable bonds is 1. The van der Waals surface area contributed by atoms with Crippen molar-refractivity contribution in [3.8, 4) is 0 Å². The molecule has 2 aliphatic carbocycles. The second kappa shape index (κ2) is 2.48. The standard InChI is InChI=1S/C11H21NO/c1-10(2)7-4-5-11(3,12)8(6-13)9(7)10/h7-9,13H,4-6,12H2,1-3H3/t7-,8+,9-,11-/m1/s1. The summed E-state index contributed by atoms with van der Waals surface area (Å²) in [4.78, 5) is 0. The molecule has 0 bridgehead atoms.